The second-order valence-electron chi connectivity index (χ2n) is 2.39. The lowest BCUT2D eigenvalue weighted by Gasteiger charge is -2.17. The molecule has 1 heterocycles. The monoisotopic (exact) mass is 185 g/mol. The maximum atomic E-state index is 5.98. The maximum Gasteiger partial charge on any atom is 0.0562 e. The van der Waals surface area contributed by atoms with Gasteiger partial charge < -0.3 is 5.32 Å². The second kappa shape index (κ2) is 2.95. The van der Waals surface area contributed by atoms with Crippen molar-refractivity contribution in [3.8, 4) is 0 Å². The van der Waals surface area contributed by atoms with E-state index in [0.717, 1.165) is 17.3 Å². The van der Waals surface area contributed by atoms with Gasteiger partial charge in [0, 0.05) is 22.9 Å². The molecule has 0 fully saturated rings. The number of benzene rings is 1. The molecular weight excluding hydrogens is 178 g/mol. The molecule has 0 saturated carbocycles. The highest BCUT2D eigenvalue weighted by Gasteiger charge is 2.10. The van der Waals surface area contributed by atoms with Crippen molar-refractivity contribution < 1.29 is 0 Å². The Morgan fingerprint density at radius 3 is 3.18 bits per heavy atom. The van der Waals surface area contributed by atoms with E-state index in [1.165, 1.54) is 10.6 Å². The Labute approximate surface area is 75.1 Å². The van der Waals surface area contributed by atoms with Gasteiger partial charge in [-0.05, 0) is 12.1 Å². The van der Waals surface area contributed by atoms with Crippen LogP contribution in [0.15, 0.2) is 23.1 Å². The van der Waals surface area contributed by atoms with Crippen molar-refractivity contribution in [2.24, 2.45) is 0 Å². The second-order valence-corrected chi connectivity index (χ2v) is 3.90. The minimum atomic E-state index is 0.861. The molecule has 0 bridgehead atoms. The molecule has 1 aliphatic heterocycles. The summed E-state index contributed by atoms with van der Waals surface area (Å²) >= 11 is 7.80. The average molecular weight is 186 g/mol. The Kier molecular flexibility index (Phi) is 1.96. The van der Waals surface area contributed by atoms with Crippen molar-refractivity contribution in [3.05, 3.63) is 23.2 Å². The number of fused-ring (bicyclic) bond motifs is 1. The Morgan fingerprint density at radius 1 is 1.45 bits per heavy atom. The average Bonchev–Trinajstić information content (AvgIpc) is 2.06. The first kappa shape index (κ1) is 7.32. The molecule has 1 N–H and O–H groups in total. The van der Waals surface area contributed by atoms with E-state index in [0.29, 0.717) is 0 Å². The maximum absolute atomic E-state index is 5.98. The highest BCUT2D eigenvalue weighted by Crippen LogP contribution is 2.36. The summed E-state index contributed by atoms with van der Waals surface area (Å²) in [4.78, 5) is 1.19. The number of rotatable bonds is 0. The van der Waals surface area contributed by atoms with Crippen LogP contribution in [-0.4, -0.2) is 12.3 Å². The van der Waals surface area contributed by atoms with E-state index < -0.39 is 0 Å². The fraction of sp³-hybridized carbons (Fsp3) is 0.250. The molecule has 1 aromatic rings. The van der Waals surface area contributed by atoms with Crippen molar-refractivity contribution in [1.82, 2.24) is 0 Å². The molecule has 0 radical (unpaired) electrons. The van der Waals surface area contributed by atoms with Gasteiger partial charge in [0.15, 0.2) is 0 Å². The minimum absolute atomic E-state index is 0.861. The SMILES string of the molecule is Clc1cccc2c1SCCN2. The predicted octanol–water partition coefficient (Wildman–Crippen LogP) is 2.86. The quantitative estimate of drug-likeness (QED) is 0.667. The lowest BCUT2D eigenvalue weighted by atomic mass is 10.3. The molecule has 11 heavy (non-hydrogen) atoms. The van der Waals surface area contributed by atoms with Crippen LogP contribution in [0, 0.1) is 0 Å². The topological polar surface area (TPSA) is 12.0 Å². The minimum Gasteiger partial charge on any atom is -0.383 e. The lowest BCUT2D eigenvalue weighted by Crippen LogP contribution is -2.09. The largest absolute Gasteiger partial charge is 0.383 e. The summed E-state index contributed by atoms with van der Waals surface area (Å²) in [5, 5.41) is 4.16. The highest BCUT2D eigenvalue weighted by molar-refractivity contribution is 7.99. The number of nitrogens with one attached hydrogen (secondary N) is 1. The first-order valence-corrected chi connectivity index (χ1v) is 4.89. The molecule has 0 saturated heterocycles. The van der Waals surface area contributed by atoms with Crippen LogP contribution in [0.2, 0.25) is 5.02 Å². The van der Waals surface area contributed by atoms with Crippen LogP contribution in [0.5, 0.6) is 0 Å². The molecule has 0 amide bonds. The summed E-state index contributed by atoms with van der Waals surface area (Å²) in [5.74, 6) is 1.11. The van der Waals surface area contributed by atoms with E-state index >= 15 is 0 Å². The molecular formula is C8H8ClNS. The van der Waals surface area contributed by atoms with Gasteiger partial charge in [-0.25, -0.2) is 0 Å². The Hall–Kier alpha value is -0.340. The Balaban J connectivity index is 2.49. The van der Waals surface area contributed by atoms with Crippen molar-refractivity contribution in [3.63, 3.8) is 0 Å². The molecule has 0 spiro atoms. The van der Waals surface area contributed by atoms with Crippen LogP contribution < -0.4 is 5.32 Å². The van der Waals surface area contributed by atoms with Gasteiger partial charge in [0.2, 0.25) is 0 Å². The Morgan fingerprint density at radius 2 is 2.36 bits per heavy atom. The fourth-order valence-electron chi connectivity index (χ4n) is 1.13. The van der Waals surface area contributed by atoms with Gasteiger partial charge in [-0.2, -0.15) is 0 Å². The normalized spacial score (nSPS) is 15.4. The van der Waals surface area contributed by atoms with Crippen LogP contribution in [0.25, 0.3) is 0 Å². The molecule has 0 atom stereocenters. The summed E-state index contributed by atoms with van der Waals surface area (Å²) in [6.45, 7) is 1.04. The first-order chi connectivity index (χ1) is 5.38. The zero-order valence-corrected chi connectivity index (χ0v) is 7.50. The number of hydrogen-bond acceptors (Lipinski definition) is 2. The number of anilines is 1. The molecule has 0 aromatic heterocycles. The third-order valence-electron chi connectivity index (χ3n) is 1.63. The van der Waals surface area contributed by atoms with Crippen LogP contribution in [0.3, 0.4) is 0 Å². The van der Waals surface area contributed by atoms with Gasteiger partial charge in [0.25, 0.3) is 0 Å². The van der Waals surface area contributed by atoms with Gasteiger partial charge in [-0.15, -0.1) is 11.8 Å². The van der Waals surface area contributed by atoms with Crippen molar-refractivity contribution >= 4 is 29.1 Å². The smallest absolute Gasteiger partial charge is 0.0562 e. The van der Waals surface area contributed by atoms with Crippen molar-refractivity contribution in [2.45, 2.75) is 4.90 Å². The lowest BCUT2D eigenvalue weighted by molar-refractivity contribution is 1.17. The van der Waals surface area contributed by atoms with Crippen LogP contribution in [0.1, 0.15) is 0 Å². The van der Waals surface area contributed by atoms with Crippen LogP contribution >= 0.6 is 23.4 Å². The molecule has 58 valence electrons. The van der Waals surface area contributed by atoms with Gasteiger partial charge >= 0.3 is 0 Å². The number of thioether (sulfide) groups is 1. The third-order valence-corrected chi connectivity index (χ3v) is 3.19. The molecule has 3 heteroatoms. The zero-order valence-electron chi connectivity index (χ0n) is 5.93. The van der Waals surface area contributed by atoms with Gasteiger partial charge in [0.05, 0.1) is 5.02 Å². The van der Waals surface area contributed by atoms with E-state index in [1.807, 2.05) is 23.9 Å². The van der Waals surface area contributed by atoms with Crippen LogP contribution in [0.4, 0.5) is 5.69 Å². The van der Waals surface area contributed by atoms with Gasteiger partial charge in [-0.1, -0.05) is 17.7 Å². The van der Waals surface area contributed by atoms with Crippen molar-refractivity contribution in [2.75, 3.05) is 17.6 Å². The molecule has 1 nitrogen and oxygen atoms in total. The predicted molar refractivity (Wildman–Crippen MR) is 50.7 cm³/mol. The number of hydrogen-bond donors (Lipinski definition) is 1. The van der Waals surface area contributed by atoms with E-state index in [2.05, 4.69) is 11.4 Å². The molecule has 1 aliphatic rings. The van der Waals surface area contributed by atoms with Gasteiger partial charge in [0.1, 0.15) is 0 Å². The summed E-state index contributed by atoms with van der Waals surface area (Å²) in [7, 11) is 0. The molecule has 1 aromatic carbocycles. The summed E-state index contributed by atoms with van der Waals surface area (Å²) in [6.07, 6.45) is 0. The van der Waals surface area contributed by atoms with Crippen LogP contribution in [-0.2, 0) is 0 Å². The third kappa shape index (κ3) is 1.33. The highest BCUT2D eigenvalue weighted by atomic mass is 35.5. The van der Waals surface area contributed by atoms with E-state index in [4.69, 9.17) is 11.6 Å². The zero-order chi connectivity index (χ0) is 7.68. The molecule has 2 rings (SSSR count). The summed E-state index contributed by atoms with van der Waals surface area (Å²) < 4.78 is 0. The van der Waals surface area contributed by atoms with Gasteiger partial charge in [-0.3, -0.25) is 0 Å². The fourth-order valence-corrected chi connectivity index (χ4v) is 2.38. The Bertz CT molecular complexity index is 275. The number of halogens is 1. The van der Waals surface area contributed by atoms with E-state index in [-0.39, 0.29) is 0 Å². The standard InChI is InChI=1S/C8H8ClNS/c9-6-2-1-3-7-8(6)11-5-4-10-7/h1-3,10H,4-5H2. The molecule has 0 unspecified atom stereocenters. The molecule has 0 aliphatic carbocycles. The van der Waals surface area contributed by atoms with Crippen molar-refractivity contribution in [1.29, 1.82) is 0 Å². The first-order valence-electron chi connectivity index (χ1n) is 3.53. The van der Waals surface area contributed by atoms with E-state index in [1.54, 1.807) is 0 Å². The summed E-state index contributed by atoms with van der Waals surface area (Å²) in [6, 6.07) is 5.97. The van der Waals surface area contributed by atoms with E-state index in [9.17, 15) is 0 Å². The summed E-state index contributed by atoms with van der Waals surface area (Å²) in [5.41, 5.74) is 1.17.